The molecule has 1 aromatic carbocycles. The second-order valence-corrected chi connectivity index (χ2v) is 5.61. The van der Waals surface area contributed by atoms with Gasteiger partial charge in [0.05, 0.1) is 0 Å². The third-order valence-electron chi connectivity index (χ3n) is 4.54. The molecule has 1 aromatic rings. The number of halogens is 1. The summed E-state index contributed by atoms with van der Waals surface area (Å²) in [5.41, 5.74) is 2.64. The molecule has 0 aliphatic carbocycles. The average Bonchev–Trinajstić information content (AvgIpc) is 2.98. The Bertz CT molecular complexity index is 438. The van der Waals surface area contributed by atoms with Gasteiger partial charge in [-0.05, 0) is 49.9 Å². The summed E-state index contributed by atoms with van der Waals surface area (Å²) in [6.45, 7) is 5.42. The Morgan fingerprint density at radius 3 is 3.06 bits per heavy atom. The van der Waals surface area contributed by atoms with Crippen molar-refractivity contribution in [3.63, 3.8) is 0 Å². The molecule has 1 unspecified atom stereocenters. The van der Waals surface area contributed by atoms with Crippen LogP contribution in [0.5, 0.6) is 0 Å². The fraction of sp³-hybridized carbons (Fsp3) is 0.600. The second-order valence-electron chi connectivity index (χ2n) is 5.61. The summed E-state index contributed by atoms with van der Waals surface area (Å²) >= 11 is 0. The summed E-state index contributed by atoms with van der Waals surface area (Å²) in [4.78, 5) is 2.36. The maximum atomic E-state index is 13.4. The molecule has 3 heteroatoms. The van der Waals surface area contributed by atoms with E-state index in [4.69, 9.17) is 0 Å². The van der Waals surface area contributed by atoms with Gasteiger partial charge in [-0.25, -0.2) is 4.39 Å². The summed E-state index contributed by atoms with van der Waals surface area (Å²) in [6, 6.07) is 5.21. The van der Waals surface area contributed by atoms with Gasteiger partial charge in [0.1, 0.15) is 5.82 Å². The van der Waals surface area contributed by atoms with Crippen LogP contribution in [0.15, 0.2) is 18.2 Å². The maximum Gasteiger partial charge on any atom is 0.125 e. The van der Waals surface area contributed by atoms with Crippen LogP contribution in [-0.2, 0) is 6.42 Å². The molecule has 1 atom stereocenters. The Morgan fingerprint density at radius 1 is 1.44 bits per heavy atom. The Morgan fingerprint density at radius 2 is 2.33 bits per heavy atom. The van der Waals surface area contributed by atoms with Crippen molar-refractivity contribution in [2.24, 2.45) is 0 Å². The van der Waals surface area contributed by atoms with Gasteiger partial charge in [-0.3, -0.25) is 0 Å². The van der Waals surface area contributed by atoms with Crippen molar-refractivity contribution in [1.82, 2.24) is 5.32 Å². The van der Waals surface area contributed by atoms with Crippen LogP contribution < -0.4 is 10.2 Å². The first kappa shape index (κ1) is 12.0. The van der Waals surface area contributed by atoms with Crippen LogP contribution in [-0.4, -0.2) is 25.2 Å². The highest BCUT2D eigenvalue weighted by Crippen LogP contribution is 2.32. The highest BCUT2D eigenvalue weighted by Gasteiger charge is 2.35. The molecular weight excluding hydrogens is 227 g/mol. The highest BCUT2D eigenvalue weighted by molar-refractivity contribution is 5.58. The van der Waals surface area contributed by atoms with E-state index in [-0.39, 0.29) is 11.4 Å². The number of nitrogens with one attached hydrogen (secondary N) is 1. The Hall–Kier alpha value is -1.09. The van der Waals surface area contributed by atoms with E-state index in [9.17, 15) is 4.39 Å². The molecule has 18 heavy (non-hydrogen) atoms. The molecule has 0 aromatic heterocycles. The first-order valence-electron chi connectivity index (χ1n) is 7.01. The molecule has 0 amide bonds. The zero-order chi connectivity index (χ0) is 12.6. The third-order valence-corrected chi connectivity index (χ3v) is 4.54. The van der Waals surface area contributed by atoms with Gasteiger partial charge in [0.15, 0.2) is 0 Å². The molecule has 98 valence electrons. The molecule has 0 saturated carbocycles. The molecule has 2 heterocycles. The van der Waals surface area contributed by atoms with Crippen molar-refractivity contribution in [3.8, 4) is 0 Å². The van der Waals surface area contributed by atoms with Crippen LogP contribution in [0.2, 0.25) is 0 Å². The van der Waals surface area contributed by atoms with Gasteiger partial charge in [-0.15, -0.1) is 0 Å². The van der Waals surface area contributed by atoms with Crippen LogP contribution in [0.3, 0.4) is 0 Å². The Balaban J connectivity index is 1.81. The zero-order valence-electron chi connectivity index (χ0n) is 11.0. The predicted octanol–water partition coefficient (Wildman–Crippen LogP) is 2.72. The zero-order valence-corrected chi connectivity index (χ0v) is 11.0. The van der Waals surface area contributed by atoms with Crippen LogP contribution in [0.4, 0.5) is 10.1 Å². The van der Waals surface area contributed by atoms with Gasteiger partial charge in [0, 0.05) is 24.3 Å². The summed E-state index contributed by atoms with van der Waals surface area (Å²) < 4.78 is 13.4. The number of benzene rings is 1. The smallest absolute Gasteiger partial charge is 0.125 e. The van der Waals surface area contributed by atoms with Crippen LogP contribution in [0.1, 0.15) is 31.7 Å². The van der Waals surface area contributed by atoms with E-state index in [1.165, 1.54) is 18.4 Å². The van der Waals surface area contributed by atoms with Gasteiger partial charge in [0.25, 0.3) is 0 Å². The maximum absolute atomic E-state index is 13.4. The summed E-state index contributed by atoms with van der Waals surface area (Å²) in [6.07, 6.45) is 4.70. The van der Waals surface area contributed by atoms with Gasteiger partial charge in [-0.1, -0.05) is 13.0 Å². The van der Waals surface area contributed by atoms with Crippen LogP contribution in [0, 0.1) is 5.82 Å². The minimum Gasteiger partial charge on any atom is -0.369 e. The molecule has 2 aliphatic rings. The van der Waals surface area contributed by atoms with Crippen molar-refractivity contribution in [1.29, 1.82) is 0 Å². The van der Waals surface area contributed by atoms with E-state index < -0.39 is 0 Å². The van der Waals surface area contributed by atoms with Crippen molar-refractivity contribution >= 4 is 5.69 Å². The SMILES string of the molecule is CCC1(CN2CCc3ccc(F)cc32)CCCN1. The standard InChI is InChI=1S/C15H21FN2/c1-2-15(7-3-8-17-15)11-18-9-6-12-4-5-13(16)10-14(12)18/h4-5,10,17H,2-3,6-9,11H2,1H3. The topological polar surface area (TPSA) is 15.3 Å². The van der Waals surface area contributed by atoms with E-state index in [1.807, 2.05) is 6.07 Å². The van der Waals surface area contributed by atoms with Crippen molar-refractivity contribution < 1.29 is 4.39 Å². The average molecular weight is 248 g/mol. The van der Waals surface area contributed by atoms with Gasteiger partial charge in [0.2, 0.25) is 0 Å². The van der Waals surface area contributed by atoms with E-state index >= 15 is 0 Å². The number of rotatable bonds is 3. The van der Waals surface area contributed by atoms with Gasteiger partial charge < -0.3 is 10.2 Å². The molecular formula is C15H21FN2. The molecule has 1 fully saturated rings. The molecule has 0 radical (unpaired) electrons. The lowest BCUT2D eigenvalue weighted by molar-refractivity contribution is 0.364. The third kappa shape index (κ3) is 2.01. The molecule has 2 aliphatic heterocycles. The van der Waals surface area contributed by atoms with E-state index in [0.29, 0.717) is 0 Å². The summed E-state index contributed by atoms with van der Waals surface area (Å²) in [5.74, 6) is -0.120. The minimum absolute atomic E-state index is 0.120. The minimum atomic E-state index is -0.120. The largest absolute Gasteiger partial charge is 0.369 e. The Labute approximate surface area is 108 Å². The number of hydrogen-bond donors (Lipinski definition) is 1. The normalized spacial score (nSPS) is 26.7. The van der Waals surface area contributed by atoms with Gasteiger partial charge in [-0.2, -0.15) is 0 Å². The molecule has 1 N–H and O–H groups in total. The van der Waals surface area contributed by atoms with Crippen LogP contribution >= 0.6 is 0 Å². The number of anilines is 1. The molecule has 0 bridgehead atoms. The van der Waals surface area contributed by atoms with Crippen molar-refractivity contribution in [3.05, 3.63) is 29.6 Å². The van der Waals surface area contributed by atoms with Crippen molar-refractivity contribution in [2.45, 2.75) is 38.1 Å². The lowest BCUT2D eigenvalue weighted by atomic mass is 9.93. The molecule has 3 rings (SSSR count). The monoisotopic (exact) mass is 248 g/mol. The second kappa shape index (κ2) is 4.54. The lowest BCUT2D eigenvalue weighted by Gasteiger charge is -2.34. The molecule has 1 saturated heterocycles. The van der Waals surface area contributed by atoms with Crippen molar-refractivity contribution in [2.75, 3.05) is 24.5 Å². The first-order chi connectivity index (χ1) is 8.72. The lowest BCUT2D eigenvalue weighted by Crippen LogP contribution is -2.49. The van der Waals surface area contributed by atoms with E-state index in [2.05, 4.69) is 17.1 Å². The van der Waals surface area contributed by atoms with Crippen LogP contribution in [0.25, 0.3) is 0 Å². The van der Waals surface area contributed by atoms with E-state index in [1.54, 1.807) is 12.1 Å². The highest BCUT2D eigenvalue weighted by atomic mass is 19.1. The van der Waals surface area contributed by atoms with Gasteiger partial charge >= 0.3 is 0 Å². The predicted molar refractivity (Wildman–Crippen MR) is 72.6 cm³/mol. The number of nitrogens with zero attached hydrogens (tertiary/aromatic N) is 1. The van der Waals surface area contributed by atoms with E-state index in [0.717, 1.165) is 38.2 Å². The quantitative estimate of drug-likeness (QED) is 0.885. The summed E-state index contributed by atoms with van der Waals surface area (Å²) in [5, 5.41) is 3.66. The fourth-order valence-electron chi connectivity index (χ4n) is 3.37. The summed E-state index contributed by atoms with van der Waals surface area (Å²) in [7, 11) is 0. The molecule has 0 spiro atoms. The first-order valence-corrected chi connectivity index (χ1v) is 7.01. The number of hydrogen-bond acceptors (Lipinski definition) is 2. The molecule has 2 nitrogen and oxygen atoms in total. The number of fused-ring (bicyclic) bond motifs is 1. The fourth-order valence-corrected chi connectivity index (χ4v) is 3.37. The Kier molecular flexibility index (Phi) is 3.02.